The molecule has 1 atom stereocenters. The van der Waals surface area contributed by atoms with E-state index in [-0.39, 0.29) is 0 Å². The van der Waals surface area contributed by atoms with Crippen molar-refractivity contribution in [3.8, 4) is 5.75 Å². The largest absolute Gasteiger partial charge is 0.457 e. The van der Waals surface area contributed by atoms with Crippen molar-refractivity contribution < 1.29 is 13.9 Å². The van der Waals surface area contributed by atoms with Crippen molar-refractivity contribution in [2.75, 3.05) is 31.6 Å². The second-order valence-corrected chi connectivity index (χ2v) is 9.74. The number of hydrogen-bond donors (Lipinski definition) is 1. The predicted octanol–water partition coefficient (Wildman–Crippen LogP) is 7.28. The molecule has 184 valence electrons. The van der Waals surface area contributed by atoms with E-state index in [0.717, 1.165) is 16.7 Å². The van der Waals surface area contributed by atoms with E-state index in [2.05, 4.69) is 18.5 Å². The fourth-order valence-electron chi connectivity index (χ4n) is 4.55. The van der Waals surface area contributed by atoms with Crippen LogP contribution < -0.4 is 10.1 Å². The minimum absolute atomic E-state index is 0.397. The Morgan fingerprint density at radius 1 is 1.23 bits per heavy atom. The first-order chi connectivity index (χ1) is 16.7. The molecule has 4 nitrogen and oxygen atoms in total. The van der Waals surface area contributed by atoms with Crippen LogP contribution in [0.5, 0.6) is 5.75 Å². The molecule has 1 unspecified atom stereocenters. The average molecular weight is 515 g/mol. The molecule has 0 spiro atoms. The number of halogens is 3. The average Bonchev–Trinajstić information content (AvgIpc) is 3.04. The number of hydrogen-bond acceptors (Lipinski definition) is 4. The lowest BCUT2D eigenvalue weighted by atomic mass is 9.89. The number of rotatable bonds is 6. The Kier molecular flexibility index (Phi) is 7.60. The summed E-state index contributed by atoms with van der Waals surface area (Å²) in [5, 5.41) is 4.85. The molecule has 1 fully saturated rings. The number of ether oxygens (including phenoxy) is 2. The third-order valence-corrected chi connectivity index (χ3v) is 6.62. The summed E-state index contributed by atoms with van der Waals surface area (Å²) in [6, 6.07) is 3.17. The van der Waals surface area contributed by atoms with E-state index >= 15 is 4.39 Å². The van der Waals surface area contributed by atoms with Crippen molar-refractivity contribution in [2.24, 2.45) is 0 Å². The van der Waals surface area contributed by atoms with Crippen molar-refractivity contribution in [1.29, 1.82) is 0 Å². The summed E-state index contributed by atoms with van der Waals surface area (Å²) >= 11 is 12.5. The molecule has 3 aliphatic rings. The smallest absolute Gasteiger partial charge is 0.233 e. The highest BCUT2D eigenvalue weighted by atomic mass is 35.5. The first kappa shape index (κ1) is 25.4. The summed E-state index contributed by atoms with van der Waals surface area (Å²) in [4.78, 5) is 2.04. The number of nitrogens with one attached hydrogen (secondary N) is 1. The van der Waals surface area contributed by atoms with Crippen LogP contribution in [0.3, 0.4) is 0 Å². The van der Waals surface area contributed by atoms with Gasteiger partial charge in [0.15, 0.2) is 0 Å². The zero-order valence-corrected chi connectivity index (χ0v) is 21.5. The van der Waals surface area contributed by atoms with Crippen LogP contribution in [0.1, 0.15) is 25.8 Å². The van der Waals surface area contributed by atoms with E-state index in [1.807, 2.05) is 49.1 Å². The van der Waals surface area contributed by atoms with Crippen molar-refractivity contribution in [2.45, 2.75) is 26.0 Å². The quantitative estimate of drug-likeness (QED) is 0.404. The fraction of sp³-hybridized carbons (Fsp3) is 0.286. The van der Waals surface area contributed by atoms with Gasteiger partial charge in [-0.15, -0.1) is 0 Å². The monoisotopic (exact) mass is 514 g/mol. The van der Waals surface area contributed by atoms with Gasteiger partial charge in [-0.2, -0.15) is 0 Å². The Balaban J connectivity index is 1.83. The highest BCUT2D eigenvalue weighted by Crippen LogP contribution is 2.47. The van der Waals surface area contributed by atoms with Gasteiger partial charge in [-0.3, -0.25) is 0 Å². The van der Waals surface area contributed by atoms with Gasteiger partial charge in [0, 0.05) is 58.0 Å². The first-order valence-electron chi connectivity index (χ1n) is 11.5. The van der Waals surface area contributed by atoms with Gasteiger partial charge in [0.2, 0.25) is 5.72 Å². The van der Waals surface area contributed by atoms with Crippen LogP contribution in [0.25, 0.3) is 5.70 Å². The predicted molar refractivity (Wildman–Crippen MR) is 143 cm³/mol. The highest BCUT2D eigenvalue weighted by Gasteiger charge is 2.45. The zero-order valence-electron chi connectivity index (χ0n) is 20.0. The van der Waals surface area contributed by atoms with Crippen LogP contribution in [-0.4, -0.2) is 36.9 Å². The summed E-state index contributed by atoms with van der Waals surface area (Å²) in [6.45, 7) is 14.5. The molecule has 0 bridgehead atoms. The minimum atomic E-state index is -1.16. The summed E-state index contributed by atoms with van der Waals surface area (Å²) in [6.07, 6.45) is 11.9. The molecule has 1 aliphatic carbocycles. The molecule has 1 aromatic carbocycles. The van der Waals surface area contributed by atoms with Crippen LogP contribution in [0, 0.1) is 5.82 Å². The van der Waals surface area contributed by atoms with E-state index in [1.165, 1.54) is 6.07 Å². The van der Waals surface area contributed by atoms with E-state index in [1.54, 1.807) is 12.1 Å². The van der Waals surface area contributed by atoms with Crippen LogP contribution in [0.2, 0.25) is 0 Å². The lowest BCUT2D eigenvalue weighted by Crippen LogP contribution is -2.44. The van der Waals surface area contributed by atoms with Gasteiger partial charge >= 0.3 is 0 Å². The number of fused-ring (bicyclic) bond motifs is 1. The third kappa shape index (κ3) is 5.13. The van der Waals surface area contributed by atoms with Crippen LogP contribution in [0.4, 0.5) is 10.1 Å². The summed E-state index contributed by atoms with van der Waals surface area (Å²) in [7, 11) is 0. The highest BCUT2D eigenvalue weighted by molar-refractivity contribution is 6.30. The van der Waals surface area contributed by atoms with Gasteiger partial charge in [-0.05, 0) is 37.6 Å². The van der Waals surface area contributed by atoms with Crippen LogP contribution in [0.15, 0.2) is 88.5 Å². The number of benzene rings is 1. The van der Waals surface area contributed by atoms with E-state index < -0.39 is 11.5 Å². The van der Waals surface area contributed by atoms with Gasteiger partial charge < -0.3 is 19.7 Å². The van der Waals surface area contributed by atoms with Crippen molar-refractivity contribution in [3.63, 3.8) is 0 Å². The standard InChI is InChI=1S/C28H29Cl2FN2O2/c1-5-24(18(2)15-19(3)29)28(21-7-6-8-22(30)10-9-21)32-26-16-23(25(31)17-27(26)35-28)20(4)33-11-13-34-14-12-33/h5-7,9-10,15-17,32H,1,4,8,11-14H2,2-3H3/b19-15+,24-18+. The molecule has 4 rings (SSSR count). The molecule has 0 aromatic heterocycles. The second-order valence-electron chi connectivity index (χ2n) is 8.66. The molecule has 0 saturated carbocycles. The lowest BCUT2D eigenvalue weighted by Gasteiger charge is -2.33. The van der Waals surface area contributed by atoms with Crippen molar-refractivity contribution in [3.05, 3.63) is 99.9 Å². The molecule has 7 heteroatoms. The SMILES string of the molecule is C=C/C(=C(C)\C=C(/C)Cl)C1(C2=CC=C(Cl)CC=C2)Nc2cc(C(=C)N3CCOCC3)c(F)cc2O1. The Labute approximate surface area is 216 Å². The van der Waals surface area contributed by atoms with Gasteiger partial charge in [0.25, 0.3) is 0 Å². The molecule has 0 radical (unpaired) electrons. The van der Waals surface area contributed by atoms with E-state index in [9.17, 15) is 0 Å². The van der Waals surface area contributed by atoms with Gasteiger partial charge in [-0.25, -0.2) is 4.39 Å². The Morgan fingerprint density at radius 3 is 2.66 bits per heavy atom. The van der Waals surface area contributed by atoms with Crippen LogP contribution in [-0.2, 0) is 4.74 Å². The Hall–Kier alpha value is -2.73. The number of nitrogens with zero attached hydrogens (tertiary/aromatic N) is 1. The normalized spacial score (nSPS) is 22.8. The molecule has 2 heterocycles. The molecule has 0 amide bonds. The van der Waals surface area contributed by atoms with Gasteiger partial charge in [0.05, 0.1) is 18.9 Å². The maximum Gasteiger partial charge on any atom is 0.233 e. The maximum atomic E-state index is 15.3. The van der Waals surface area contributed by atoms with E-state index in [0.29, 0.717) is 65.5 Å². The number of anilines is 1. The summed E-state index contributed by atoms with van der Waals surface area (Å²) in [5.74, 6) is -0.00287. The maximum absolute atomic E-state index is 15.3. The van der Waals surface area contributed by atoms with E-state index in [4.69, 9.17) is 32.7 Å². The third-order valence-electron chi connectivity index (χ3n) is 6.23. The number of morpholine rings is 1. The van der Waals surface area contributed by atoms with Gasteiger partial charge in [-0.1, -0.05) is 60.7 Å². The Bertz CT molecular complexity index is 1200. The number of allylic oxidation sites excluding steroid dienone is 7. The molecule has 35 heavy (non-hydrogen) atoms. The Morgan fingerprint density at radius 2 is 1.97 bits per heavy atom. The lowest BCUT2D eigenvalue weighted by molar-refractivity contribution is 0.0639. The molecule has 2 aliphatic heterocycles. The summed E-state index contributed by atoms with van der Waals surface area (Å²) in [5.41, 5.74) is 2.95. The fourth-order valence-corrected chi connectivity index (χ4v) is 4.86. The van der Waals surface area contributed by atoms with Crippen molar-refractivity contribution >= 4 is 34.6 Å². The molecular weight excluding hydrogens is 486 g/mol. The minimum Gasteiger partial charge on any atom is -0.457 e. The first-order valence-corrected chi connectivity index (χ1v) is 12.2. The van der Waals surface area contributed by atoms with Crippen LogP contribution >= 0.6 is 23.2 Å². The van der Waals surface area contributed by atoms with Crippen molar-refractivity contribution in [1.82, 2.24) is 4.90 Å². The molecule has 1 N–H and O–H groups in total. The topological polar surface area (TPSA) is 33.7 Å². The zero-order chi connectivity index (χ0) is 25.2. The molecular formula is C28H29Cl2FN2O2. The molecule has 1 saturated heterocycles. The van der Waals surface area contributed by atoms with Gasteiger partial charge in [0.1, 0.15) is 11.6 Å². The molecule has 1 aromatic rings. The second kappa shape index (κ2) is 10.5. The summed E-state index contributed by atoms with van der Waals surface area (Å²) < 4.78 is 27.3.